The topological polar surface area (TPSA) is 54.5 Å². The molecule has 5 heteroatoms. The number of amides is 1. The van der Waals surface area contributed by atoms with Crippen molar-refractivity contribution in [1.29, 1.82) is 0 Å². The first-order chi connectivity index (χ1) is 14.7. The summed E-state index contributed by atoms with van der Waals surface area (Å²) in [5, 5.41) is 2.95. The molecule has 0 fully saturated rings. The fourth-order valence-electron chi connectivity index (χ4n) is 3.52. The van der Waals surface area contributed by atoms with Crippen molar-refractivity contribution in [2.45, 2.75) is 20.0 Å². The van der Waals surface area contributed by atoms with Gasteiger partial charge in [0.15, 0.2) is 0 Å². The molecule has 2 aromatic carbocycles. The van der Waals surface area contributed by atoms with Crippen LogP contribution in [-0.4, -0.2) is 24.0 Å². The highest BCUT2D eigenvalue weighted by Gasteiger charge is 2.17. The summed E-state index contributed by atoms with van der Waals surface area (Å²) in [6.07, 6.45) is 6.16. The zero-order valence-electron chi connectivity index (χ0n) is 17.0. The minimum Gasteiger partial charge on any atom is -0.487 e. The van der Waals surface area contributed by atoms with E-state index in [1.165, 1.54) is 11.3 Å². The first-order valence-electron chi connectivity index (χ1n) is 10.2. The van der Waals surface area contributed by atoms with Crippen molar-refractivity contribution >= 4 is 23.4 Å². The Bertz CT molecular complexity index is 1030. The van der Waals surface area contributed by atoms with Crippen molar-refractivity contribution in [1.82, 2.24) is 4.98 Å². The lowest BCUT2D eigenvalue weighted by molar-refractivity contribution is -0.111. The number of likely N-dealkylation sites (N-methyl/N-ethyl adjacent to an activating group) is 1. The zero-order valence-corrected chi connectivity index (χ0v) is 17.0. The predicted molar refractivity (Wildman–Crippen MR) is 121 cm³/mol. The summed E-state index contributed by atoms with van der Waals surface area (Å²) < 4.78 is 5.74. The number of ether oxygens (including phenoxy) is 1. The van der Waals surface area contributed by atoms with Gasteiger partial charge in [-0.15, -0.1) is 0 Å². The zero-order chi connectivity index (χ0) is 20.8. The highest BCUT2D eigenvalue weighted by Crippen LogP contribution is 2.30. The number of pyridine rings is 1. The van der Waals surface area contributed by atoms with Crippen LogP contribution in [0, 0.1) is 0 Å². The minimum absolute atomic E-state index is 0.147. The van der Waals surface area contributed by atoms with Gasteiger partial charge in [-0.2, -0.15) is 0 Å². The number of aromatic nitrogens is 1. The Morgan fingerprint density at radius 3 is 2.80 bits per heavy atom. The van der Waals surface area contributed by atoms with Crippen molar-refractivity contribution < 1.29 is 9.53 Å². The fraction of sp³-hybridized carbons (Fsp3) is 0.200. The van der Waals surface area contributed by atoms with Crippen molar-refractivity contribution in [2.75, 3.05) is 23.3 Å². The number of benzene rings is 2. The Balaban J connectivity index is 1.32. The third-order valence-electron chi connectivity index (χ3n) is 5.15. The lowest BCUT2D eigenvalue weighted by Gasteiger charge is -2.17. The van der Waals surface area contributed by atoms with Crippen molar-refractivity contribution in [3.8, 4) is 5.75 Å². The third-order valence-corrected chi connectivity index (χ3v) is 5.15. The van der Waals surface area contributed by atoms with Crippen molar-refractivity contribution in [2.24, 2.45) is 0 Å². The second-order valence-corrected chi connectivity index (χ2v) is 7.17. The fourth-order valence-corrected chi connectivity index (χ4v) is 3.52. The minimum atomic E-state index is -0.147. The molecule has 1 amide bonds. The van der Waals surface area contributed by atoms with E-state index in [2.05, 4.69) is 34.3 Å². The second-order valence-electron chi connectivity index (χ2n) is 7.17. The number of nitrogens with zero attached hydrogens (tertiary/aromatic N) is 2. The van der Waals surface area contributed by atoms with Crippen LogP contribution in [-0.2, 0) is 17.8 Å². The van der Waals surface area contributed by atoms with Crippen LogP contribution >= 0.6 is 0 Å². The molecule has 1 aliphatic rings. The van der Waals surface area contributed by atoms with Gasteiger partial charge in [-0.05, 0) is 66.9 Å². The number of anilines is 2. The van der Waals surface area contributed by atoms with Gasteiger partial charge in [0.25, 0.3) is 0 Å². The molecule has 0 spiro atoms. The van der Waals surface area contributed by atoms with E-state index in [-0.39, 0.29) is 5.91 Å². The van der Waals surface area contributed by atoms with Crippen LogP contribution < -0.4 is 15.0 Å². The first-order valence-corrected chi connectivity index (χ1v) is 10.2. The number of fused-ring (bicyclic) bond motifs is 1. The SMILES string of the molecule is CCN1CCc2ccc(NC(=O)/C=C/c3ccc(OCc4ccccn4)cc3)cc21. The standard InChI is InChI=1S/C25H25N3O2/c1-2-28-16-14-20-9-10-21(17-24(20)28)27-25(29)13-8-19-6-11-23(12-7-19)30-18-22-5-3-4-15-26-22/h3-13,15,17H,2,14,16,18H2,1H3,(H,27,29)/b13-8+. The van der Waals surface area contributed by atoms with Crippen LogP contribution in [0.2, 0.25) is 0 Å². The van der Waals surface area contributed by atoms with E-state index in [4.69, 9.17) is 4.74 Å². The normalized spacial score (nSPS) is 12.8. The molecule has 4 rings (SSSR count). The average molecular weight is 399 g/mol. The van der Waals surface area contributed by atoms with Gasteiger partial charge in [-0.3, -0.25) is 9.78 Å². The smallest absolute Gasteiger partial charge is 0.248 e. The van der Waals surface area contributed by atoms with E-state index >= 15 is 0 Å². The molecule has 0 saturated carbocycles. The molecular formula is C25H25N3O2. The number of hydrogen-bond donors (Lipinski definition) is 1. The third kappa shape index (κ3) is 4.87. The number of carbonyl (C=O) groups excluding carboxylic acids is 1. The van der Waals surface area contributed by atoms with Crippen molar-refractivity contribution in [3.05, 3.63) is 89.8 Å². The maximum atomic E-state index is 12.3. The summed E-state index contributed by atoms with van der Waals surface area (Å²) in [4.78, 5) is 18.9. The van der Waals surface area contributed by atoms with E-state index < -0.39 is 0 Å². The summed E-state index contributed by atoms with van der Waals surface area (Å²) in [6.45, 7) is 4.60. The molecule has 1 aromatic heterocycles. The van der Waals surface area contributed by atoms with Gasteiger partial charge < -0.3 is 15.0 Å². The monoisotopic (exact) mass is 399 g/mol. The largest absolute Gasteiger partial charge is 0.487 e. The van der Waals surface area contributed by atoms with Crippen LogP contribution in [0.15, 0.2) is 72.9 Å². The molecule has 5 nitrogen and oxygen atoms in total. The summed E-state index contributed by atoms with van der Waals surface area (Å²) in [6, 6.07) is 19.5. The highest BCUT2D eigenvalue weighted by atomic mass is 16.5. The molecule has 30 heavy (non-hydrogen) atoms. The highest BCUT2D eigenvalue weighted by molar-refractivity contribution is 6.02. The molecule has 3 aromatic rings. The molecule has 0 saturated heterocycles. The van der Waals surface area contributed by atoms with Crippen LogP contribution in [0.4, 0.5) is 11.4 Å². The number of rotatable bonds is 7. The molecule has 152 valence electrons. The van der Waals surface area contributed by atoms with E-state index in [1.54, 1.807) is 18.3 Å². The predicted octanol–water partition coefficient (Wildman–Crippen LogP) is 4.69. The van der Waals surface area contributed by atoms with Crippen molar-refractivity contribution in [3.63, 3.8) is 0 Å². The molecule has 0 aliphatic carbocycles. The number of carbonyl (C=O) groups is 1. The molecule has 2 heterocycles. The van der Waals surface area contributed by atoms with E-state index in [0.29, 0.717) is 6.61 Å². The van der Waals surface area contributed by atoms with Gasteiger partial charge in [0.1, 0.15) is 12.4 Å². The average Bonchev–Trinajstić information content (AvgIpc) is 3.20. The molecule has 0 radical (unpaired) electrons. The summed E-state index contributed by atoms with van der Waals surface area (Å²) in [5.41, 5.74) is 5.20. The van der Waals surface area contributed by atoms with E-state index in [9.17, 15) is 4.79 Å². The Hall–Kier alpha value is -3.60. The quantitative estimate of drug-likeness (QED) is 0.586. The second kappa shape index (κ2) is 9.27. The Labute approximate surface area is 177 Å². The van der Waals surface area contributed by atoms with Gasteiger partial charge in [-0.1, -0.05) is 24.3 Å². The van der Waals surface area contributed by atoms with E-state index in [1.807, 2.05) is 48.5 Å². The van der Waals surface area contributed by atoms with Crippen LogP contribution in [0.5, 0.6) is 5.75 Å². The maximum Gasteiger partial charge on any atom is 0.248 e. The Kier molecular flexibility index (Phi) is 6.09. The lowest BCUT2D eigenvalue weighted by Crippen LogP contribution is -2.19. The summed E-state index contributed by atoms with van der Waals surface area (Å²) in [7, 11) is 0. The molecule has 1 aliphatic heterocycles. The van der Waals surface area contributed by atoms with Crippen LogP contribution in [0.25, 0.3) is 6.08 Å². The first kappa shape index (κ1) is 19.7. The summed E-state index contributed by atoms with van der Waals surface area (Å²) >= 11 is 0. The summed E-state index contributed by atoms with van der Waals surface area (Å²) in [5.74, 6) is 0.618. The molecule has 0 atom stereocenters. The Morgan fingerprint density at radius 1 is 1.17 bits per heavy atom. The Morgan fingerprint density at radius 2 is 2.03 bits per heavy atom. The maximum absolute atomic E-state index is 12.3. The van der Waals surface area contributed by atoms with Gasteiger partial charge in [0.05, 0.1) is 5.69 Å². The number of hydrogen-bond acceptors (Lipinski definition) is 4. The van der Waals surface area contributed by atoms with Gasteiger partial charge in [0, 0.05) is 36.7 Å². The van der Waals surface area contributed by atoms with Gasteiger partial charge in [0.2, 0.25) is 5.91 Å². The lowest BCUT2D eigenvalue weighted by atomic mass is 10.1. The van der Waals surface area contributed by atoms with Gasteiger partial charge >= 0.3 is 0 Å². The molecular weight excluding hydrogens is 374 g/mol. The van der Waals surface area contributed by atoms with Gasteiger partial charge in [-0.25, -0.2) is 0 Å². The van der Waals surface area contributed by atoms with E-state index in [0.717, 1.165) is 42.2 Å². The van der Waals surface area contributed by atoms with Crippen LogP contribution in [0.1, 0.15) is 23.7 Å². The number of nitrogens with one attached hydrogen (secondary N) is 1. The van der Waals surface area contributed by atoms with Crippen LogP contribution in [0.3, 0.4) is 0 Å². The molecule has 0 bridgehead atoms. The molecule has 1 N–H and O–H groups in total. The molecule has 0 unspecified atom stereocenters.